The highest BCUT2D eigenvalue weighted by Crippen LogP contribution is 2.24. The maximum atomic E-state index is 12.7. The van der Waals surface area contributed by atoms with Crippen molar-refractivity contribution in [2.24, 2.45) is 5.84 Å². The molecule has 1 aromatic carbocycles. The average Bonchev–Trinajstić information content (AvgIpc) is 2.48. The summed E-state index contributed by atoms with van der Waals surface area (Å²) in [4.78, 5) is 25.8. The van der Waals surface area contributed by atoms with E-state index in [0.717, 1.165) is 18.3 Å². The first-order valence-electron chi connectivity index (χ1n) is 5.69. The predicted octanol–water partition coefficient (Wildman–Crippen LogP) is 1.67. The first-order valence-corrected chi connectivity index (χ1v) is 5.69. The number of nitro groups is 1. The lowest BCUT2D eigenvalue weighted by atomic mass is 10.1. The third-order valence-corrected chi connectivity index (χ3v) is 2.58. The number of nitrogens with one attached hydrogen (secondary N) is 2. The van der Waals surface area contributed by atoms with E-state index in [1.807, 2.05) is 0 Å². The van der Waals surface area contributed by atoms with Gasteiger partial charge in [0.15, 0.2) is 0 Å². The molecule has 0 saturated carbocycles. The van der Waals surface area contributed by atoms with E-state index < -0.39 is 16.6 Å². The van der Waals surface area contributed by atoms with Gasteiger partial charge in [-0.1, -0.05) is 0 Å². The number of anilines is 2. The summed E-state index contributed by atoms with van der Waals surface area (Å²) in [6, 6.07) is 6.16. The number of nitrogens with zero attached hydrogens (tertiary/aromatic N) is 2. The average molecular weight is 291 g/mol. The van der Waals surface area contributed by atoms with Crippen LogP contribution in [0.25, 0.3) is 0 Å². The van der Waals surface area contributed by atoms with E-state index in [0.29, 0.717) is 0 Å². The molecule has 2 aromatic rings. The Labute approximate surface area is 117 Å². The van der Waals surface area contributed by atoms with Gasteiger partial charge in [-0.3, -0.25) is 20.8 Å². The molecule has 1 aromatic heterocycles. The number of amides is 1. The van der Waals surface area contributed by atoms with Crippen LogP contribution in [-0.4, -0.2) is 15.8 Å². The molecule has 0 bridgehead atoms. The molecule has 21 heavy (non-hydrogen) atoms. The summed E-state index contributed by atoms with van der Waals surface area (Å²) in [6.45, 7) is 0. The molecule has 0 spiro atoms. The van der Waals surface area contributed by atoms with Crippen molar-refractivity contribution in [2.75, 3.05) is 10.7 Å². The molecule has 0 radical (unpaired) electrons. The number of hydrogen-bond acceptors (Lipinski definition) is 6. The molecule has 0 fully saturated rings. The molecule has 0 aliphatic heterocycles. The lowest BCUT2D eigenvalue weighted by Crippen LogP contribution is -2.14. The van der Waals surface area contributed by atoms with E-state index in [2.05, 4.69) is 15.7 Å². The maximum Gasteiger partial charge on any atom is 0.294 e. The summed E-state index contributed by atoms with van der Waals surface area (Å²) >= 11 is 0. The van der Waals surface area contributed by atoms with Crippen molar-refractivity contribution < 1.29 is 14.1 Å². The Morgan fingerprint density at radius 2 is 2.10 bits per heavy atom. The smallest absolute Gasteiger partial charge is 0.294 e. The van der Waals surface area contributed by atoms with Crippen molar-refractivity contribution in [1.29, 1.82) is 0 Å². The zero-order chi connectivity index (χ0) is 15.4. The van der Waals surface area contributed by atoms with Crippen LogP contribution in [-0.2, 0) is 0 Å². The molecule has 4 N–H and O–H groups in total. The standard InChI is InChI=1S/C12H10FN5O3/c13-8-2-4-11(15-6-8)16-12(19)7-1-3-9(17-14)10(5-7)18(20)21/h1-6,17H,14H2,(H,15,16,19). The molecule has 0 atom stereocenters. The minimum Gasteiger partial charge on any atom is -0.318 e. The zero-order valence-electron chi connectivity index (χ0n) is 10.5. The van der Waals surface area contributed by atoms with E-state index in [9.17, 15) is 19.3 Å². The van der Waals surface area contributed by atoms with E-state index >= 15 is 0 Å². The molecular weight excluding hydrogens is 281 g/mol. The zero-order valence-corrected chi connectivity index (χ0v) is 10.5. The third-order valence-electron chi connectivity index (χ3n) is 2.58. The molecule has 0 aliphatic carbocycles. The number of benzene rings is 1. The number of nitrogen functional groups attached to an aromatic ring is 1. The Morgan fingerprint density at radius 1 is 1.33 bits per heavy atom. The van der Waals surface area contributed by atoms with Crippen LogP contribution in [0.1, 0.15) is 10.4 Å². The normalized spacial score (nSPS) is 10.0. The van der Waals surface area contributed by atoms with Crippen LogP contribution in [0, 0.1) is 15.9 Å². The van der Waals surface area contributed by atoms with Gasteiger partial charge in [0.1, 0.15) is 17.3 Å². The van der Waals surface area contributed by atoms with Crippen LogP contribution in [0.15, 0.2) is 36.5 Å². The summed E-state index contributed by atoms with van der Waals surface area (Å²) in [6.07, 6.45) is 0.944. The Balaban J connectivity index is 2.25. The largest absolute Gasteiger partial charge is 0.318 e. The van der Waals surface area contributed by atoms with E-state index in [-0.39, 0.29) is 22.8 Å². The number of hydrogen-bond donors (Lipinski definition) is 3. The summed E-state index contributed by atoms with van der Waals surface area (Å²) < 4.78 is 12.7. The van der Waals surface area contributed by atoms with Crippen molar-refractivity contribution in [1.82, 2.24) is 4.98 Å². The highest BCUT2D eigenvalue weighted by atomic mass is 19.1. The van der Waals surface area contributed by atoms with Gasteiger partial charge in [0.05, 0.1) is 11.1 Å². The van der Waals surface area contributed by atoms with Crippen LogP contribution in [0.4, 0.5) is 21.6 Å². The molecule has 0 saturated heterocycles. The second-order valence-corrected chi connectivity index (χ2v) is 3.95. The van der Waals surface area contributed by atoms with E-state index in [1.165, 1.54) is 18.2 Å². The molecule has 1 amide bonds. The second kappa shape index (κ2) is 5.92. The van der Waals surface area contributed by atoms with Crippen molar-refractivity contribution in [2.45, 2.75) is 0 Å². The van der Waals surface area contributed by atoms with E-state index in [4.69, 9.17) is 5.84 Å². The quantitative estimate of drug-likeness (QED) is 0.447. The summed E-state index contributed by atoms with van der Waals surface area (Å²) in [5.74, 6) is 4.13. The number of nitrogens with two attached hydrogens (primary N) is 1. The van der Waals surface area contributed by atoms with Crippen molar-refractivity contribution in [3.63, 3.8) is 0 Å². The highest BCUT2D eigenvalue weighted by molar-refractivity contribution is 6.04. The van der Waals surface area contributed by atoms with Gasteiger partial charge in [-0.2, -0.15) is 0 Å². The molecule has 0 unspecified atom stereocenters. The topological polar surface area (TPSA) is 123 Å². The second-order valence-electron chi connectivity index (χ2n) is 3.95. The van der Waals surface area contributed by atoms with E-state index in [1.54, 1.807) is 0 Å². The Hall–Kier alpha value is -3.07. The molecule has 9 heteroatoms. The van der Waals surface area contributed by atoms with Gasteiger partial charge in [0.2, 0.25) is 0 Å². The van der Waals surface area contributed by atoms with Gasteiger partial charge in [-0.05, 0) is 24.3 Å². The van der Waals surface area contributed by atoms with Gasteiger partial charge < -0.3 is 10.7 Å². The maximum absolute atomic E-state index is 12.7. The van der Waals surface area contributed by atoms with Crippen molar-refractivity contribution in [3.05, 3.63) is 58.0 Å². The SMILES string of the molecule is NNc1ccc(C(=O)Nc2ccc(F)cn2)cc1[N+](=O)[O-]. The molecule has 0 aliphatic rings. The Kier molecular flexibility index (Phi) is 4.05. The summed E-state index contributed by atoms with van der Waals surface area (Å²) in [5.41, 5.74) is 1.96. The number of nitro benzene ring substituents is 1. The van der Waals surface area contributed by atoms with Crippen LogP contribution in [0.5, 0.6) is 0 Å². The predicted molar refractivity (Wildman–Crippen MR) is 73.1 cm³/mol. The number of carbonyl (C=O) groups is 1. The Morgan fingerprint density at radius 3 is 2.67 bits per heavy atom. The fourth-order valence-electron chi connectivity index (χ4n) is 1.58. The molecule has 2 rings (SSSR count). The highest BCUT2D eigenvalue weighted by Gasteiger charge is 2.17. The first-order chi connectivity index (χ1) is 10.0. The number of aromatic nitrogens is 1. The lowest BCUT2D eigenvalue weighted by molar-refractivity contribution is -0.384. The molecule has 108 valence electrons. The molecular formula is C12H10FN5O3. The van der Waals surface area contributed by atoms with Gasteiger partial charge in [0.25, 0.3) is 11.6 Å². The van der Waals surface area contributed by atoms with Crippen LogP contribution in [0.3, 0.4) is 0 Å². The minimum absolute atomic E-state index is 0.0480. The third kappa shape index (κ3) is 3.28. The summed E-state index contributed by atoms with van der Waals surface area (Å²) in [5, 5.41) is 13.3. The number of pyridine rings is 1. The summed E-state index contributed by atoms with van der Waals surface area (Å²) in [7, 11) is 0. The van der Waals surface area contributed by atoms with Gasteiger partial charge in [-0.15, -0.1) is 0 Å². The number of hydrazine groups is 1. The monoisotopic (exact) mass is 291 g/mol. The van der Waals surface area contributed by atoms with Crippen molar-refractivity contribution >= 4 is 23.1 Å². The number of rotatable bonds is 4. The molecule has 1 heterocycles. The molecule has 8 nitrogen and oxygen atoms in total. The minimum atomic E-state index is -0.665. The first kappa shape index (κ1) is 14.3. The van der Waals surface area contributed by atoms with Gasteiger partial charge in [-0.25, -0.2) is 9.37 Å². The fourth-order valence-corrected chi connectivity index (χ4v) is 1.58. The van der Waals surface area contributed by atoms with Crippen LogP contribution < -0.4 is 16.6 Å². The van der Waals surface area contributed by atoms with Crippen LogP contribution >= 0.6 is 0 Å². The fraction of sp³-hybridized carbons (Fsp3) is 0. The van der Waals surface area contributed by atoms with Crippen molar-refractivity contribution in [3.8, 4) is 0 Å². The van der Waals surface area contributed by atoms with Gasteiger partial charge in [0, 0.05) is 11.6 Å². The lowest BCUT2D eigenvalue weighted by Gasteiger charge is -2.06. The van der Waals surface area contributed by atoms with Crippen LogP contribution in [0.2, 0.25) is 0 Å². The van der Waals surface area contributed by atoms with Gasteiger partial charge >= 0.3 is 0 Å². The number of halogens is 1. The Bertz CT molecular complexity index is 690. The number of carbonyl (C=O) groups excluding carboxylic acids is 1.